The third kappa shape index (κ3) is 7.58. The Balaban J connectivity index is 1.23. The number of hydrazine groups is 1. The minimum absolute atomic E-state index is 0.120. The Morgan fingerprint density at radius 3 is 2.74 bits per heavy atom. The van der Waals surface area contributed by atoms with Crippen LogP contribution in [0.1, 0.15) is 58.3 Å². The summed E-state index contributed by atoms with van der Waals surface area (Å²) in [4.78, 5) is 15.5. The van der Waals surface area contributed by atoms with Gasteiger partial charge in [-0.1, -0.05) is 19.8 Å². The fourth-order valence-corrected chi connectivity index (χ4v) is 6.50. The van der Waals surface area contributed by atoms with Gasteiger partial charge in [-0.05, 0) is 70.0 Å². The standard InChI is InChI=1S/C25H50N8O2/c1-2-18-14-26-9-7-20(18)15-29-25(35)19-5-3-6-21(13-19)28-16-23-31-32-24(33(23)11-4-12-34)22-8-10-27-17-30-22/h18-24,26-28,30-32,34H,2-17H2,1H3,(H,29,35). The van der Waals surface area contributed by atoms with Crippen LogP contribution in [0.5, 0.6) is 0 Å². The lowest BCUT2D eigenvalue weighted by Gasteiger charge is -2.36. The van der Waals surface area contributed by atoms with Crippen molar-refractivity contribution in [3.05, 3.63) is 0 Å². The number of hydrogen-bond donors (Lipinski definition) is 8. The number of aliphatic hydroxyl groups excluding tert-OH is 1. The van der Waals surface area contributed by atoms with Crippen LogP contribution in [-0.4, -0.2) is 92.9 Å². The Bertz CT molecular complexity index is 635. The Hall–Kier alpha value is -0.850. The molecule has 1 saturated carbocycles. The number of piperidine rings is 1. The highest BCUT2D eigenvalue weighted by molar-refractivity contribution is 5.78. The molecule has 8 N–H and O–H groups in total. The summed E-state index contributed by atoms with van der Waals surface area (Å²) in [5.74, 6) is 1.66. The van der Waals surface area contributed by atoms with Crippen LogP contribution in [0, 0.1) is 17.8 Å². The second kappa shape index (κ2) is 14.2. The predicted molar refractivity (Wildman–Crippen MR) is 138 cm³/mol. The first-order valence-corrected chi connectivity index (χ1v) is 14.2. The molecule has 0 radical (unpaired) electrons. The van der Waals surface area contributed by atoms with Gasteiger partial charge in [-0.25, -0.2) is 10.9 Å². The summed E-state index contributed by atoms with van der Waals surface area (Å²) in [5, 5.41) is 26.9. The van der Waals surface area contributed by atoms with Crippen LogP contribution in [0.25, 0.3) is 0 Å². The molecule has 4 aliphatic rings. The SMILES string of the molecule is CCC1CNCCC1CNC(=O)C1CCCC(NCC2NNC(C3CCNCN3)N2CCCO)C1. The highest BCUT2D eigenvalue weighted by atomic mass is 16.3. The first kappa shape index (κ1) is 27.2. The molecule has 4 rings (SSSR count). The van der Waals surface area contributed by atoms with E-state index in [2.05, 4.69) is 49.3 Å². The van der Waals surface area contributed by atoms with Gasteiger partial charge in [0.25, 0.3) is 0 Å². The maximum atomic E-state index is 13.0. The van der Waals surface area contributed by atoms with Crippen molar-refractivity contribution in [3.8, 4) is 0 Å². The average molecular weight is 495 g/mol. The lowest BCUT2D eigenvalue weighted by atomic mass is 9.83. The van der Waals surface area contributed by atoms with E-state index in [-0.39, 0.29) is 30.8 Å². The summed E-state index contributed by atoms with van der Waals surface area (Å²) >= 11 is 0. The summed E-state index contributed by atoms with van der Waals surface area (Å²) in [6.45, 7) is 8.98. The number of carbonyl (C=O) groups is 1. The van der Waals surface area contributed by atoms with Gasteiger partial charge >= 0.3 is 0 Å². The summed E-state index contributed by atoms with van der Waals surface area (Å²) in [5.41, 5.74) is 6.99. The molecule has 7 unspecified atom stereocenters. The molecule has 0 bridgehead atoms. The first-order chi connectivity index (χ1) is 17.2. The number of nitrogens with zero attached hydrogens (tertiary/aromatic N) is 1. The summed E-state index contributed by atoms with van der Waals surface area (Å²) in [7, 11) is 0. The molecule has 35 heavy (non-hydrogen) atoms. The van der Waals surface area contributed by atoms with Gasteiger partial charge in [0.05, 0.1) is 12.3 Å². The molecule has 202 valence electrons. The van der Waals surface area contributed by atoms with Crippen LogP contribution < -0.4 is 37.4 Å². The van der Waals surface area contributed by atoms with Crippen molar-refractivity contribution >= 4 is 5.91 Å². The summed E-state index contributed by atoms with van der Waals surface area (Å²) in [6, 6.07) is 0.752. The Kier molecular flexibility index (Phi) is 11.0. The lowest BCUT2D eigenvalue weighted by molar-refractivity contribution is -0.126. The lowest BCUT2D eigenvalue weighted by Crippen LogP contribution is -2.59. The van der Waals surface area contributed by atoms with Crippen molar-refractivity contribution in [2.75, 3.05) is 52.5 Å². The number of carbonyl (C=O) groups excluding carboxylic acids is 1. The maximum absolute atomic E-state index is 13.0. The Labute approximate surface area is 211 Å². The zero-order chi connectivity index (χ0) is 24.5. The summed E-state index contributed by atoms with van der Waals surface area (Å²) in [6.07, 6.45) is 8.72. The molecule has 3 heterocycles. The highest BCUT2D eigenvalue weighted by Gasteiger charge is 2.38. The third-order valence-electron chi connectivity index (χ3n) is 8.71. The molecular formula is C25H50N8O2. The van der Waals surface area contributed by atoms with Gasteiger partial charge in [-0.3, -0.25) is 15.0 Å². The van der Waals surface area contributed by atoms with E-state index < -0.39 is 0 Å². The van der Waals surface area contributed by atoms with Crippen LogP contribution in [0.15, 0.2) is 0 Å². The maximum Gasteiger partial charge on any atom is 0.223 e. The largest absolute Gasteiger partial charge is 0.396 e. The molecule has 3 aliphatic heterocycles. The molecule has 0 aromatic heterocycles. The number of nitrogens with one attached hydrogen (secondary N) is 7. The quantitative estimate of drug-likeness (QED) is 0.187. The number of aliphatic hydroxyl groups is 1. The number of hydrogen-bond acceptors (Lipinski definition) is 9. The van der Waals surface area contributed by atoms with Crippen molar-refractivity contribution in [1.29, 1.82) is 0 Å². The van der Waals surface area contributed by atoms with E-state index in [4.69, 9.17) is 0 Å². The molecule has 10 nitrogen and oxygen atoms in total. The Morgan fingerprint density at radius 2 is 1.94 bits per heavy atom. The molecule has 1 amide bonds. The minimum Gasteiger partial charge on any atom is -0.396 e. The molecule has 7 atom stereocenters. The van der Waals surface area contributed by atoms with Gasteiger partial charge in [-0.15, -0.1) is 0 Å². The second-order valence-electron chi connectivity index (χ2n) is 11.0. The fourth-order valence-electron chi connectivity index (χ4n) is 6.50. The van der Waals surface area contributed by atoms with E-state index in [1.54, 1.807) is 0 Å². The van der Waals surface area contributed by atoms with Gasteiger partial charge in [0.15, 0.2) is 0 Å². The summed E-state index contributed by atoms with van der Waals surface area (Å²) < 4.78 is 0. The normalized spacial score (nSPS) is 36.8. The molecule has 0 spiro atoms. The highest BCUT2D eigenvalue weighted by Crippen LogP contribution is 2.26. The minimum atomic E-state index is 0.120. The van der Waals surface area contributed by atoms with E-state index in [1.165, 1.54) is 6.42 Å². The average Bonchev–Trinajstić information content (AvgIpc) is 3.32. The molecule has 3 saturated heterocycles. The monoisotopic (exact) mass is 494 g/mol. The molecule has 1 aliphatic carbocycles. The van der Waals surface area contributed by atoms with Gasteiger partial charge in [0.2, 0.25) is 5.91 Å². The van der Waals surface area contributed by atoms with E-state index in [9.17, 15) is 9.90 Å². The van der Waals surface area contributed by atoms with Crippen LogP contribution in [0.2, 0.25) is 0 Å². The number of amides is 1. The van der Waals surface area contributed by atoms with Crippen molar-refractivity contribution in [2.24, 2.45) is 17.8 Å². The van der Waals surface area contributed by atoms with Crippen molar-refractivity contribution in [1.82, 2.24) is 42.3 Å². The van der Waals surface area contributed by atoms with Gasteiger partial charge in [0, 0.05) is 50.9 Å². The number of rotatable bonds is 11. The molecule has 0 aromatic rings. The van der Waals surface area contributed by atoms with Crippen LogP contribution in [0.3, 0.4) is 0 Å². The van der Waals surface area contributed by atoms with Crippen LogP contribution in [0.4, 0.5) is 0 Å². The zero-order valence-electron chi connectivity index (χ0n) is 21.7. The topological polar surface area (TPSA) is 125 Å². The fraction of sp³-hybridized carbons (Fsp3) is 0.960. The van der Waals surface area contributed by atoms with E-state index in [1.807, 2.05) is 0 Å². The smallest absolute Gasteiger partial charge is 0.223 e. The van der Waals surface area contributed by atoms with Crippen LogP contribution in [-0.2, 0) is 4.79 Å². The van der Waals surface area contributed by atoms with E-state index in [0.717, 1.165) is 90.9 Å². The second-order valence-corrected chi connectivity index (χ2v) is 11.0. The van der Waals surface area contributed by atoms with Crippen molar-refractivity contribution in [3.63, 3.8) is 0 Å². The zero-order valence-corrected chi connectivity index (χ0v) is 21.7. The first-order valence-electron chi connectivity index (χ1n) is 14.2. The Morgan fingerprint density at radius 1 is 1.06 bits per heavy atom. The van der Waals surface area contributed by atoms with Gasteiger partial charge in [-0.2, -0.15) is 0 Å². The van der Waals surface area contributed by atoms with Crippen molar-refractivity contribution < 1.29 is 9.90 Å². The molecule has 10 heteroatoms. The van der Waals surface area contributed by atoms with Crippen molar-refractivity contribution in [2.45, 2.75) is 82.7 Å². The van der Waals surface area contributed by atoms with E-state index in [0.29, 0.717) is 23.9 Å². The third-order valence-corrected chi connectivity index (χ3v) is 8.71. The van der Waals surface area contributed by atoms with Crippen LogP contribution >= 0.6 is 0 Å². The molecular weight excluding hydrogens is 444 g/mol. The van der Waals surface area contributed by atoms with Gasteiger partial charge < -0.3 is 26.4 Å². The molecule has 0 aromatic carbocycles. The predicted octanol–water partition coefficient (Wildman–Crippen LogP) is -0.760. The molecule has 4 fully saturated rings. The van der Waals surface area contributed by atoms with Gasteiger partial charge in [0.1, 0.15) is 0 Å². The van der Waals surface area contributed by atoms with E-state index >= 15 is 0 Å².